The molecule has 84 valence electrons. The molecule has 0 N–H and O–H groups in total. The molecule has 1 aromatic carbocycles. The lowest BCUT2D eigenvalue weighted by Gasteiger charge is -2.01. The van der Waals surface area contributed by atoms with Gasteiger partial charge in [0.2, 0.25) is 0 Å². The monoisotopic (exact) mass is 258 g/mol. The maximum absolute atomic E-state index is 12.2. The van der Waals surface area contributed by atoms with Gasteiger partial charge in [-0.05, 0) is 45.3 Å². The molecule has 0 aliphatic carbocycles. The predicted molar refractivity (Wildman–Crippen MR) is 74.2 cm³/mol. The summed E-state index contributed by atoms with van der Waals surface area (Å²) < 4.78 is 1.10. The number of hydrogen-bond acceptors (Lipinski definition) is 3. The number of thiophene rings is 2. The average Bonchev–Trinajstić information content (AvgIpc) is 2.97. The van der Waals surface area contributed by atoms with E-state index in [0.717, 1.165) is 21.2 Å². The average molecular weight is 258 g/mol. The zero-order chi connectivity index (χ0) is 11.7. The Hall–Kier alpha value is -1.45. The molecule has 0 aliphatic heterocycles. The molecule has 3 heteroatoms. The van der Waals surface area contributed by atoms with Gasteiger partial charge in [0.05, 0.1) is 0 Å². The number of Topliss-reactive ketones (excluding diaryl/α,β-unsaturated/α-hetero) is 1. The summed E-state index contributed by atoms with van der Waals surface area (Å²) in [7, 11) is 0. The van der Waals surface area contributed by atoms with Gasteiger partial charge in [0.1, 0.15) is 0 Å². The fourth-order valence-corrected chi connectivity index (χ4v) is 3.49. The van der Waals surface area contributed by atoms with Gasteiger partial charge in [0.15, 0.2) is 5.78 Å². The fourth-order valence-electron chi connectivity index (χ4n) is 1.89. The molecule has 0 radical (unpaired) electrons. The van der Waals surface area contributed by atoms with Gasteiger partial charge in [0, 0.05) is 16.7 Å². The van der Waals surface area contributed by atoms with Crippen LogP contribution in [0.5, 0.6) is 0 Å². The fraction of sp³-hybridized carbons (Fsp3) is 0.0714. The minimum absolute atomic E-state index is 0.205. The van der Waals surface area contributed by atoms with Gasteiger partial charge < -0.3 is 0 Å². The SMILES string of the molecule is O=C(Cc1ccsc1)c1cccc2ccsc12. The van der Waals surface area contributed by atoms with Crippen molar-refractivity contribution in [2.75, 3.05) is 0 Å². The first-order chi connectivity index (χ1) is 8.34. The molecular formula is C14H10OS2. The lowest BCUT2D eigenvalue weighted by molar-refractivity contribution is 0.0995. The highest BCUT2D eigenvalue weighted by Gasteiger charge is 2.11. The highest BCUT2D eigenvalue weighted by Crippen LogP contribution is 2.25. The van der Waals surface area contributed by atoms with Crippen LogP contribution in [0, 0.1) is 0 Å². The van der Waals surface area contributed by atoms with Crippen molar-refractivity contribution in [3.63, 3.8) is 0 Å². The maximum Gasteiger partial charge on any atom is 0.168 e. The first kappa shape index (κ1) is 10.7. The van der Waals surface area contributed by atoms with Crippen molar-refractivity contribution in [2.24, 2.45) is 0 Å². The van der Waals surface area contributed by atoms with Crippen molar-refractivity contribution in [3.05, 3.63) is 57.6 Å². The number of fused-ring (bicyclic) bond motifs is 1. The second-order valence-electron chi connectivity index (χ2n) is 3.88. The van der Waals surface area contributed by atoms with E-state index in [0.29, 0.717) is 6.42 Å². The van der Waals surface area contributed by atoms with Crippen LogP contribution in [0.4, 0.5) is 0 Å². The van der Waals surface area contributed by atoms with Crippen LogP contribution in [-0.2, 0) is 6.42 Å². The summed E-state index contributed by atoms with van der Waals surface area (Å²) in [5.74, 6) is 0.205. The summed E-state index contributed by atoms with van der Waals surface area (Å²) in [6.07, 6.45) is 0.501. The number of rotatable bonds is 3. The Morgan fingerprint density at radius 1 is 1.12 bits per heavy atom. The topological polar surface area (TPSA) is 17.1 Å². The van der Waals surface area contributed by atoms with E-state index in [9.17, 15) is 4.79 Å². The van der Waals surface area contributed by atoms with Gasteiger partial charge in [-0.2, -0.15) is 11.3 Å². The molecule has 0 amide bonds. The van der Waals surface area contributed by atoms with Crippen molar-refractivity contribution >= 4 is 38.5 Å². The highest BCUT2D eigenvalue weighted by molar-refractivity contribution is 7.17. The van der Waals surface area contributed by atoms with Crippen LogP contribution < -0.4 is 0 Å². The minimum atomic E-state index is 0.205. The van der Waals surface area contributed by atoms with Crippen LogP contribution in [0.3, 0.4) is 0 Å². The summed E-state index contributed by atoms with van der Waals surface area (Å²) in [4.78, 5) is 12.2. The molecule has 17 heavy (non-hydrogen) atoms. The third-order valence-electron chi connectivity index (χ3n) is 2.72. The Morgan fingerprint density at radius 3 is 2.88 bits per heavy atom. The van der Waals surface area contributed by atoms with Gasteiger partial charge in [-0.3, -0.25) is 4.79 Å². The van der Waals surface area contributed by atoms with Gasteiger partial charge in [-0.25, -0.2) is 0 Å². The van der Waals surface area contributed by atoms with Crippen molar-refractivity contribution < 1.29 is 4.79 Å². The van der Waals surface area contributed by atoms with Gasteiger partial charge in [-0.1, -0.05) is 12.1 Å². The van der Waals surface area contributed by atoms with E-state index in [-0.39, 0.29) is 5.78 Å². The summed E-state index contributed by atoms with van der Waals surface area (Å²) >= 11 is 3.27. The number of carbonyl (C=O) groups is 1. The number of hydrogen-bond donors (Lipinski definition) is 0. The molecule has 0 aliphatic rings. The van der Waals surface area contributed by atoms with E-state index < -0.39 is 0 Å². The lowest BCUT2D eigenvalue weighted by Crippen LogP contribution is -2.02. The Labute approximate surface area is 107 Å². The van der Waals surface area contributed by atoms with E-state index in [4.69, 9.17) is 0 Å². The van der Waals surface area contributed by atoms with Gasteiger partial charge in [0.25, 0.3) is 0 Å². The van der Waals surface area contributed by atoms with E-state index in [2.05, 4.69) is 6.07 Å². The molecule has 2 heterocycles. The molecule has 0 fully saturated rings. The second kappa shape index (κ2) is 4.43. The van der Waals surface area contributed by atoms with Crippen LogP contribution in [-0.4, -0.2) is 5.78 Å². The summed E-state index contributed by atoms with van der Waals surface area (Å²) in [5.41, 5.74) is 1.96. The Balaban J connectivity index is 1.98. The largest absolute Gasteiger partial charge is 0.294 e. The zero-order valence-electron chi connectivity index (χ0n) is 9.05. The van der Waals surface area contributed by atoms with Crippen molar-refractivity contribution in [1.82, 2.24) is 0 Å². The Bertz CT molecular complexity index is 650. The van der Waals surface area contributed by atoms with E-state index >= 15 is 0 Å². The summed E-state index contributed by atoms with van der Waals surface area (Å²) in [6, 6.07) is 10.00. The number of ketones is 1. The number of benzene rings is 1. The van der Waals surface area contributed by atoms with Crippen LogP contribution >= 0.6 is 22.7 Å². The summed E-state index contributed by atoms with van der Waals surface area (Å²) in [6.45, 7) is 0. The lowest BCUT2D eigenvalue weighted by atomic mass is 10.0. The molecule has 0 saturated carbocycles. The second-order valence-corrected chi connectivity index (χ2v) is 5.57. The first-order valence-corrected chi connectivity index (χ1v) is 7.17. The number of carbonyl (C=O) groups excluding carboxylic acids is 1. The molecule has 0 unspecified atom stereocenters. The zero-order valence-corrected chi connectivity index (χ0v) is 10.7. The van der Waals surface area contributed by atoms with Gasteiger partial charge >= 0.3 is 0 Å². The smallest absolute Gasteiger partial charge is 0.168 e. The third kappa shape index (κ3) is 2.04. The van der Waals surface area contributed by atoms with Crippen molar-refractivity contribution in [1.29, 1.82) is 0 Å². The Kier molecular flexibility index (Phi) is 2.79. The molecule has 0 bridgehead atoms. The molecule has 2 aromatic heterocycles. The highest BCUT2D eigenvalue weighted by atomic mass is 32.1. The molecule has 0 atom stereocenters. The molecule has 0 saturated heterocycles. The van der Waals surface area contributed by atoms with Crippen molar-refractivity contribution in [3.8, 4) is 0 Å². The van der Waals surface area contributed by atoms with E-state index in [1.807, 2.05) is 40.4 Å². The van der Waals surface area contributed by atoms with E-state index in [1.54, 1.807) is 22.7 Å². The quantitative estimate of drug-likeness (QED) is 0.637. The molecule has 0 spiro atoms. The third-order valence-corrected chi connectivity index (χ3v) is 4.42. The normalized spacial score (nSPS) is 10.8. The molecule has 1 nitrogen and oxygen atoms in total. The van der Waals surface area contributed by atoms with Gasteiger partial charge in [-0.15, -0.1) is 11.3 Å². The standard InChI is InChI=1S/C14H10OS2/c15-13(8-10-4-6-16-9-10)12-3-1-2-11-5-7-17-14(11)12/h1-7,9H,8H2. The van der Waals surface area contributed by atoms with Crippen LogP contribution in [0.15, 0.2) is 46.5 Å². The molecular weight excluding hydrogens is 248 g/mol. The minimum Gasteiger partial charge on any atom is -0.294 e. The van der Waals surface area contributed by atoms with E-state index in [1.165, 1.54) is 0 Å². The first-order valence-electron chi connectivity index (χ1n) is 5.35. The van der Waals surface area contributed by atoms with Crippen molar-refractivity contribution in [2.45, 2.75) is 6.42 Å². The maximum atomic E-state index is 12.2. The molecule has 3 aromatic rings. The predicted octanol–water partition coefficient (Wildman–Crippen LogP) is 4.39. The summed E-state index contributed by atoms with van der Waals surface area (Å²) in [5, 5.41) is 7.23. The van der Waals surface area contributed by atoms with Crippen LogP contribution in [0.2, 0.25) is 0 Å². The van der Waals surface area contributed by atoms with Crippen LogP contribution in [0.1, 0.15) is 15.9 Å². The molecule has 3 rings (SSSR count). The Morgan fingerprint density at radius 2 is 2.06 bits per heavy atom. The van der Waals surface area contributed by atoms with Crippen LogP contribution in [0.25, 0.3) is 10.1 Å².